The molecule has 115 valence electrons. The summed E-state index contributed by atoms with van der Waals surface area (Å²) in [6, 6.07) is 19.9. The van der Waals surface area contributed by atoms with Gasteiger partial charge in [0.15, 0.2) is 11.5 Å². The second kappa shape index (κ2) is 5.92. The second-order valence-electron chi connectivity index (χ2n) is 5.07. The zero-order valence-corrected chi connectivity index (χ0v) is 12.5. The zero-order valence-electron chi connectivity index (χ0n) is 12.5. The van der Waals surface area contributed by atoms with Crippen LogP contribution >= 0.6 is 0 Å². The number of benzene rings is 2. The van der Waals surface area contributed by atoms with Crippen LogP contribution < -0.4 is 5.73 Å². The van der Waals surface area contributed by atoms with Crippen LogP contribution in [0.3, 0.4) is 0 Å². The van der Waals surface area contributed by atoms with Crippen molar-refractivity contribution in [1.82, 2.24) is 20.1 Å². The van der Waals surface area contributed by atoms with E-state index in [2.05, 4.69) is 26.2 Å². The minimum Gasteiger partial charge on any atom is -0.382 e. The van der Waals surface area contributed by atoms with Crippen LogP contribution in [0, 0.1) is 6.07 Å². The van der Waals surface area contributed by atoms with Gasteiger partial charge in [0.05, 0.1) is 11.9 Å². The largest absolute Gasteiger partial charge is 0.382 e. The molecule has 0 saturated heterocycles. The van der Waals surface area contributed by atoms with E-state index in [1.54, 1.807) is 6.20 Å². The summed E-state index contributed by atoms with van der Waals surface area (Å²) in [5, 5.41) is 3.98. The van der Waals surface area contributed by atoms with E-state index in [0.29, 0.717) is 23.1 Å². The zero-order chi connectivity index (χ0) is 16.4. The third-order valence-electron chi connectivity index (χ3n) is 3.47. The quantitative estimate of drug-likeness (QED) is 0.624. The molecule has 2 N–H and O–H groups in total. The van der Waals surface area contributed by atoms with Crippen LogP contribution in [-0.2, 0) is 0 Å². The van der Waals surface area contributed by atoms with Crippen molar-refractivity contribution in [1.29, 1.82) is 0 Å². The molecule has 6 nitrogen and oxygen atoms in total. The van der Waals surface area contributed by atoms with Crippen molar-refractivity contribution < 1.29 is 4.52 Å². The lowest BCUT2D eigenvalue weighted by molar-refractivity contribution is 0.432. The van der Waals surface area contributed by atoms with Gasteiger partial charge in [0.1, 0.15) is 0 Å². The maximum Gasteiger partial charge on any atom is 0.258 e. The molecule has 0 aliphatic rings. The van der Waals surface area contributed by atoms with Crippen molar-refractivity contribution in [2.45, 2.75) is 0 Å². The molecule has 0 unspecified atom stereocenters. The molecule has 2 aromatic heterocycles. The molecule has 4 aromatic rings. The Balaban J connectivity index is 1.76. The van der Waals surface area contributed by atoms with Crippen LogP contribution in [0.2, 0.25) is 0 Å². The van der Waals surface area contributed by atoms with E-state index >= 15 is 0 Å². The molecule has 0 saturated carbocycles. The highest BCUT2D eigenvalue weighted by Crippen LogP contribution is 2.26. The van der Waals surface area contributed by atoms with E-state index in [-0.39, 0.29) is 5.82 Å². The van der Waals surface area contributed by atoms with E-state index in [1.807, 2.05) is 54.6 Å². The Labute approximate surface area is 138 Å². The van der Waals surface area contributed by atoms with Gasteiger partial charge in [0.25, 0.3) is 5.89 Å². The number of nitrogen functional groups attached to an aromatic ring is 1. The lowest BCUT2D eigenvalue weighted by Crippen LogP contribution is -1.99. The molecular formula is C18H12N5O. The molecule has 0 amide bonds. The topological polar surface area (TPSA) is 90.7 Å². The number of anilines is 1. The normalized spacial score (nSPS) is 10.7. The van der Waals surface area contributed by atoms with E-state index in [4.69, 9.17) is 10.3 Å². The first-order valence-corrected chi connectivity index (χ1v) is 7.30. The van der Waals surface area contributed by atoms with Crippen LogP contribution in [0.4, 0.5) is 5.82 Å². The van der Waals surface area contributed by atoms with E-state index in [1.165, 1.54) is 0 Å². The SMILES string of the molecule is Nc1ncc(-c2cc[c]cc2)nc1-c1noc(-c2ccccc2)n1. The third-order valence-corrected chi connectivity index (χ3v) is 3.47. The molecule has 0 bridgehead atoms. The Morgan fingerprint density at radius 2 is 1.71 bits per heavy atom. The lowest BCUT2D eigenvalue weighted by Gasteiger charge is -2.03. The molecule has 2 heterocycles. The van der Waals surface area contributed by atoms with Crippen LogP contribution in [0.1, 0.15) is 0 Å². The van der Waals surface area contributed by atoms with Gasteiger partial charge in [-0.25, -0.2) is 9.97 Å². The third kappa shape index (κ3) is 2.61. The summed E-state index contributed by atoms with van der Waals surface area (Å²) >= 11 is 0. The molecule has 6 heteroatoms. The number of nitrogens with two attached hydrogens (primary N) is 1. The first kappa shape index (κ1) is 14.1. The molecule has 0 spiro atoms. The molecule has 24 heavy (non-hydrogen) atoms. The minimum absolute atomic E-state index is 0.252. The standard InChI is InChI=1S/C18H12N5O/c19-16-15(21-14(11-20-16)12-7-3-1-4-8-12)17-22-18(24-23-17)13-9-5-2-6-10-13/h2-11H,(H2,19,20). The van der Waals surface area contributed by atoms with Crippen LogP contribution in [0.5, 0.6) is 0 Å². The van der Waals surface area contributed by atoms with Crippen LogP contribution in [0.15, 0.2) is 65.3 Å². The fourth-order valence-electron chi connectivity index (χ4n) is 2.28. The summed E-state index contributed by atoms with van der Waals surface area (Å²) in [5.41, 5.74) is 8.76. The summed E-state index contributed by atoms with van der Waals surface area (Å²) in [5.74, 6) is 0.969. The number of nitrogens with zero attached hydrogens (tertiary/aromatic N) is 4. The summed E-state index contributed by atoms with van der Waals surface area (Å²) in [4.78, 5) is 13.1. The van der Waals surface area contributed by atoms with Crippen molar-refractivity contribution in [2.24, 2.45) is 0 Å². The summed E-state index contributed by atoms with van der Waals surface area (Å²) in [7, 11) is 0. The Morgan fingerprint density at radius 1 is 0.917 bits per heavy atom. The van der Waals surface area contributed by atoms with E-state index < -0.39 is 0 Å². The molecule has 1 radical (unpaired) electrons. The van der Waals surface area contributed by atoms with Gasteiger partial charge < -0.3 is 10.3 Å². The highest BCUT2D eigenvalue weighted by atomic mass is 16.5. The molecule has 0 aliphatic heterocycles. The molecule has 0 fully saturated rings. The maximum absolute atomic E-state index is 5.95. The molecule has 2 aromatic carbocycles. The van der Waals surface area contributed by atoms with Crippen molar-refractivity contribution in [3.05, 3.63) is 66.9 Å². The van der Waals surface area contributed by atoms with Crippen molar-refractivity contribution in [2.75, 3.05) is 5.73 Å². The van der Waals surface area contributed by atoms with Gasteiger partial charge in [-0.05, 0) is 18.2 Å². The lowest BCUT2D eigenvalue weighted by atomic mass is 10.1. The van der Waals surface area contributed by atoms with Crippen LogP contribution in [0.25, 0.3) is 34.2 Å². The van der Waals surface area contributed by atoms with Gasteiger partial charge in [-0.15, -0.1) is 0 Å². The number of hydrogen-bond acceptors (Lipinski definition) is 6. The van der Waals surface area contributed by atoms with Gasteiger partial charge in [-0.2, -0.15) is 4.98 Å². The Kier molecular flexibility index (Phi) is 3.47. The Hall–Kier alpha value is -3.54. The van der Waals surface area contributed by atoms with E-state index in [0.717, 1.165) is 11.1 Å². The highest BCUT2D eigenvalue weighted by molar-refractivity contribution is 5.69. The number of hydrogen-bond donors (Lipinski definition) is 1. The van der Waals surface area contributed by atoms with Gasteiger partial charge in [0.2, 0.25) is 5.82 Å². The first-order valence-electron chi connectivity index (χ1n) is 7.30. The van der Waals surface area contributed by atoms with E-state index in [9.17, 15) is 0 Å². The number of aromatic nitrogens is 4. The monoisotopic (exact) mass is 314 g/mol. The van der Waals surface area contributed by atoms with Gasteiger partial charge in [-0.1, -0.05) is 47.6 Å². The average Bonchev–Trinajstić information content (AvgIpc) is 3.13. The van der Waals surface area contributed by atoms with Crippen LogP contribution in [-0.4, -0.2) is 20.1 Å². The molecule has 0 aliphatic carbocycles. The Morgan fingerprint density at radius 3 is 2.50 bits per heavy atom. The van der Waals surface area contributed by atoms with Gasteiger partial charge in [-0.3, -0.25) is 0 Å². The van der Waals surface area contributed by atoms with Crippen molar-refractivity contribution >= 4 is 5.82 Å². The highest BCUT2D eigenvalue weighted by Gasteiger charge is 2.16. The number of rotatable bonds is 3. The van der Waals surface area contributed by atoms with Crippen molar-refractivity contribution in [3.8, 4) is 34.2 Å². The van der Waals surface area contributed by atoms with Crippen molar-refractivity contribution in [3.63, 3.8) is 0 Å². The fourth-order valence-corrected chi connectivity index (χ4v) is 2.28. The summed E-state index contributed by atoms with van der Waals surface area (Å²) in [6.07, 6.45) is 1.62. The second-order valence-corrected chi connectivity index (χ2v) is 5.07. The van der Waals surface area contributed by atoms with Gasteiger partial charge >= 0.3 is 0 Å². The average molecular weight is 314 g/mol. The summed E-state index contributed by atoms with van der Waals surface area (Å²) < 4.78 is 5.32. The molecule has 0 atom stereocenters. The Bertz CT molecular complexity index is 967. The predicted molar refractivity (Wildman–Crippen MR) is 89.4 cm³/mol. The first-order chi connectivity index (χ1) is 11.8. The molecule has 4 rings (SSSR count). The predicted octanol–water partition coefficient (Wildman–Crippen LogP) is 3.24. The fraction of sp³-hybridized carbons (Fsp3) is 0. The maximum atomic E-state index is 5.95. The smallest absolute Gasteiger partial charge is 0.258 e. The minimum atomic E-state index is 0.252. The molecular weight excluding hydrogens is 302 g/mol. The van der Waals surface area contributed by atoms with Gasteiger partial charge in [0, 0.05) is 11.1 Å². The summed E-state index contributed by atoms with van der Waals surface area (Å²) in [6.45, 7) is 0.